The number of para-hydroxylation sites is 1. The number of carbonyl (C=O) groups excluding carboxylic acids is 1. The molecular formula is C53H79N5O3. The smallest absolute Gasteiger partial charge is 0.256 e. The lowest BCUT2D eigenvalue weighted by Gasteiger charge is -2.57. The molecule has 1 amide bonds. The van der Waals surface area contributed by atoms with E-state index in [1.54, 1.807) is 32.4 Å². The van der Waals surface area contributed by atoms with Crippen molar-refractivity contribution >= 4 is 16.8 Å². The van der Waals surface area contributed by atoms with Gasteiger partial charge in [-0.15, -0.1) is 0 Å². The van der Waals surface area contributed by atoms with Crippen molar-refractivity contribution in [1.82, 2.24) is 24.7 Å². The fourth-order valence-corrected chi connectivity index (χ4v) is 15.5. The van der Waals surface area contributed by atoms with Gasteiger partial charge in [0.05, 0.1) is 24.8 Å². The molecule has 6 saturated carbocycles. The van der Waals surface area contributed by atoms with E-state index in [-0.39, 0.29) is 24.1 Å². The van der Waals surface area contributed by atoms with Crippen LogP contribution in [-0.4, -0.2) is 71.6 Å². The summed E-state index contributed by atoms with van der Waals surface area (Å²) in [6.07, 6.45) is 23.3. The number of pyridine rings is 1. The minimum Gasteiger partial charge on any atom is -0.496 e. The molecule has 7 fully saturated rings. The Labute approximate surface area is 367 Å². The lowest BCUT2D eigenvalue weighted by atomic mass is 9.49. The van der Waals surface area contributed by atoms with Crippen LogP contribution in [0.3, 0.4) is 0 Å². The van der Waals surface area contributed by atoms with E-state index < -0.39 is 0 Å². The van der Waals surface area contributed by atoms with Gasteiger partial charge in [0.25, 0.3) is 11.5 Å². The first kappa shape index (κ1) is 43.2. The highest BCUT2D eigenvalue weighted by Gasteiger charge is 2.50. The number of benzene rings is 1. The molecule has 0 spiro atoms. The minimum absolute atomic E-state index is 0.101. The van der Waals surface area contributed by atoms with E-state index in [2.05, 4.69) is 70.6 Å². The largest absolute Gasteiger partial charge is 0.496 e. The van der Waals surface area contributed by atoms with Crippen molar-refractivity contribution in [3.05, 3.63) is 63.2 Å². The van der Waals surface area contributed by atoms with Crippen LogP contribution >= 0.6 is 0 Å². The van der Waals surface area contributed by atoms with Gasteiger partial charge in [-0.3, -0.25) is 9.59 Å². The molecule has 61 heavy (non-hydrogen) atoms. The number of nitrogens with zero attached hydrogens (tertiary/aromatic N) is 3. The van der Waals surface area contributed by atoms with Crippen LogP contribution in [0.2, 0.25) is 0 Å². The molecule has 1 aliphatic heterocycles. The number of aryl methyl sites for hydroxylation is 1. The van der Waals surface area contributed by atoms with Gasteiger partial charge in [-0.2, -0.15) is 0 Å². The number of aromatic amines is 1. The van der Waals surface area contributed by atoms with Gasteiger partial charge in [-0.05, 0) is 208 Å². The molecule has 8 nitrogen and oxygen atoms in total. The van der Waals surface area contributed by atoms with E-state index in [0.717, 1.165) is 70.9 Å². The lowest BCUT2D eigenvalue weighted by Crippen LogP contribution is -2.48. The van der Waals surface area contributed by atoms with Crippen molar-refractivity contribution in [2.75, 3.05) is 46.4 Å². The van der Waals surface area contributed by atoms with Crippen molar-refractivity contribution in [1.29, 1.82) is 0 Å². The highest BCUT2D eigenvalue weighted by Crippen LogP contribution is 2.61. The molecule has 2 N–H and O–H groups in total. The minimum atomic E-state index is -0.234. The van der Waals surface area contributed by atoms with Crippen molar-refractivity contribution in [2.24, 2.45) is 52.3 Å². The van der Waals surface area contributed by atoms with Gasteiger partial charge in [-0.1, -0.05) is 38.5 Å². The van der Waals surface area contributed by atoms with Crippen LogP contribution in [0.15, 0.2) is 35.1 Å². The maximum atomic E-state index is 14.0. The number of aromatic nitrogens is 2. The zero-order valence-electron chi connectivity index (χ0n) is 38.8. The number of likely N-dealkylation sites (tertiary alicyclic amines) is 1. The molecule has 3 aromatic rings. The third-order valence-corrected chi connectivity index (χ3v) is 18.0. The third-order valence-electron chi connectivity index (χ3n) is 18.0. The summed E-state index contributed by atoms with van der Waals surface area (Å²) in [5.41, 5.74) is 4.90. The fourth-order valence-electron chi connectivity index (χ4n) is 15.5. The first-order valence-corrected chi connectivity index (χ1v) is 25.0. The van der Waals surface area contributed by atoms with Gasteiger partial charge in [0, 0.05) is 41.4 Å². The van der Waals surface area contributed by atoms with E-state index in [1.165, 1.54) is 110 Å². The summed E-state index contributed by atoms with van der Waals surface area (Å²) in [5, 5.41) is 4.03. The number of piperidine rings is 1. The second kappa shape index (κ2) is 17.8. The molecule has 334 valence electrons. The molecule has 10 rings (SSSR count). The molecule has 7 aliphatic rings. The SMILES string of the molecule is CCC1CC2CC(C1)CC(C)(CCN(CCN1CCC([C@@H](C)n3c(C)c(C(=O)NCc4c(OC)cc(C)[nH]c4=O)c4ccccc43)CC1)CCC13CC4CC(CC(C4)C1)C3)C2. The third kappa shape index (κ3) is 9.15. The molecular weight excluding hydrogens is 755 g/mol. The summed E-state index contributed by atoms with van der Waals surface area (Å²) < 4.78 is 7.93. The summed E-state index contributed by atoms with van der Waals surface area (Å²) in [6, 6.07) is 10.4. The Kier molecular flexibility index (Phi) is 12.6. The van der Waals surface area contributed by atoms with Crippen LogP contribution in [0.25, 0.3) is 10.9 Å². The van der Waals surface area contributed by atoms with E-state index in [9.17, 15) is 9.59 Å². The first-order valence-electron chi connectivity index (χ1n) is 25.0. The molecule has 3 heterocycles. The van der Waals surface area contributed by atoms with Crippen LogP contribution in [0, 0.1) is 66.1 Å². The number of hydrogen-bond donors (Lipinski definition) is 2. The Hall–Kier alpha value is -3.10. The van der Waals surface area contributed by atoms with Gasteiger partial charge in [-0.25, -0.2) is 0 Å². The van der Waals surface area contributed by atoms with Crippen molar-refractivity contribution < 1.29 is 9.53 Å². The average Bonchev–Trinajstić information content (AvgIpc) is 3.53. The molecule has 2 unspecified atom stereocenters. The van der Waals surface area contributed by atoms with Crippen LogP contribution in [0.5, 0.6) is 5.75 Å². The van der Waals surface area contributed by atoms with E-state index >= 15 is 0 Å². The van der Waals surface area contributed by atoms with E-state index in [4.69, 9.17) is 4.74 Å². The summed E-state index contributed by atoms with van der Waals surface area (Å²) >= 11 is 0. The van der Waals surface area contributed by atoms with Gasteiger partial charge >= 0.3 is 0 Å². The summed E-state index contributed by atoms with van der Waals surface area (Å²) in [5.74, 6) is 6.93. The average molecular weight is 834 g/mol. The van der Waals surface area contributed by atoms with Crippen molar-refractivity contribution in [3.63, 3.8) is 0 Å². The fraction of sp³-hybridized carbons (Fsp3) is 0.736. The number of hydrogen-bond acceptors (Lipinski definition) is 5. The van der Waals surface area contributed by atoms with Crippen LogP contribution < -0.4 is 15.6 Å². The van der Waals surface area contributed by atoms with Gasteiger partial charge in [0.15, 0.2) is 0 Å². The Morgan fingerprint density at radius 3 is 2.16 bits per heavy atom. The Morgan fingerprint density at radius 2 is 1.52 bits per heavy atom. The summed E-state index contributed by atoms with van der Waals surface area (Å²) in [7, 11) is 1.56. The molecule has 2 aromatic heterocycles. The predicted molar refractivity (Wildman–Crippen MR) is 248 cm³/mol. The topological polar surface area (TPSA) is 82.6 Å². The molecule has 6 aliphatic carbocycles. The number of amides is 1. The summed E-state index contributed by atoms with van der Waals surface area (Å²) in [4.78, 5) is 35.3. The molecule has 8 heteroatoms. The van der Waals surface area contributed by atoms with Crippen molar-refractivity contribution in [3.8, 4) is 5.75 Å². The second-order valence-corrected chi connectivity index (χ2v) is 22.5. The van der Waals surface area contributed by atoms with Gasteiger partial charge in [0.2, 0.25) is 0 Å². The molecule has 0 radical (unpaired) electrons. The Balaban J connectivity index is 0.833. The predicted octanol–water partition coefficient (Wildman–Crippen LogP) is 10.7. The van der Waals surface area contributed by atoms with Gasteiger partial charge in [0.1, 0.15) is 5.75 Å². The van der Waals surface area contributed by atoms with E-state index in [1.807, 2.05) is 13.0 Å². The van der Waals surface area contributed by atoms with E-state index in [0.29, 0.717) is 33.6 Å². The molecule has 1 aromatic carbocycles. The Morgan fingerprint density at radius 1 is 0.902 bits per heavy atom. The quantitative estimate of drug-likeness (QED) is 0.150. The highest BCUT2D eigenvalue weighted by molar-refractivity contribution is 6.08. The molecule has 6 bridgehead atoms. The zero-order chi connectivity index (χ0) is 42.5. The second-order valence-electron chi connectivity index (χ2n) is 22.5. The number of H-pyrrole nitrogens is 1. The van der Waals surface area contributed by atoms with Crippen LogP contribution in [0.1, 0.15) is 157 Å². The monoisotopic (exact) mass is 834 g/mol. The number of rotatable bonds is 16. The normalized spacial score (nSPS) is 31.9. The number of nitrogens with one attached hydrogen (secondary N) is 2. The van der Waals surface area contributed by atoms with Crippen molar-refractivity contribution in [2.45, 2.75) is 150 Å². The highest BCUT2D eigenvalue weighted by atomic mass is 16.5. The van der Waals surface area contributed by atoms with Gasteiger partial charge < -0.3 is 29.4 Å². The maximum absolute atomic E-state index is 14.0. The maximum Gasteiger partial charge on any atom is 0.256 e. The zero-order valence-corrected chi connectivity index (χ0v) is 38.8. The van der Waals surface area contributed by atoms with Crippen LogP contribution in [0.4, 0.5) is 0 Å². The molecule has 3 atom stereocenters. The number of carbonyl (C=O) groups is 1. The summed E-state index contributed by atoms with van der Waals surface area (Å²) in [6.45, 7) is 18.8. The number of fused-ring (bicyclic) bond motifs is 3. The molecule has 1 saturated heterocycles. The number of ether oxygens (including phenoxy) is 1. The number of methoxy groups -OCH3 is 1. The first-order chi connectivity index (χ1) is 29.4. The Bertz CT molecular complexity index is 2030. The lowest BCUT2D eigenvalue weighted by molar-refractivity contribution is -0.0618. The standard InChI is InChI=1S/C53H79N5O3/c1-7-38-23-39-25-40(24-38)30-52(5,29-39)14-18-57(19-15-53-31-41-26-42(32-53)28-43(27-41)33-53)21-20-56-16-12-44(13-17-56)36(3)58-37(4)49(45-10-8-9-11-47(45)58)51(60)54-34-46-48(61-6)22-35(2)55-50(46)59/h8-11,22,36,38-44H,7,12-21,23-34H2,1-6H3,(H,54,60)(H,55,59)/t36-,38?,39?,40?,41?,42?,43?,52?,53?/m1/s1. The van der Waals surface area contributed by atoms with Crippen LogP contribution in [-0.2, 0) is 6.54 Å².